The van der Waals surface area contributed by atoms with E-state index in [4.69, 9.17) is 16.6 Å². The van der Waals surface area contributed by atoms with Gasteiger partial charge in [-0.2, -0.15) is 0 Å². The number of hydrogen-bond acceptors (Lipinski definition) is 7. The summed E-state index contributed by atoms with van der Waals surface area (Å²) in [4.78, 5) is 33.9. The topological polar surface area (TPSA) is 106 Å². The third-order valence-electron chi connectivity index (χ3n) is 10.4. The zero-order valence-corrected chi connectivity index (χ0v) is 33.9. The average Bonchev–Trinajstić information content (AvgIpc) is 3.92. The van der Waals surface area contributed by atoms with Crippen molar-refractivity contribution in [3.63, 3.8) is 0 Å². The molecule has 1 aliphatic heterocycles. The number of benzene rings is 3. The van der Waals surface area contributed by atoms with E-state index in [1.54, 1.807) is 22.7 Å². The summed E-state index contributed by atoms with van der Waals surface area (Å²) in [7, 11) is 0. The van der Waals surface area contributed by atoms with Crippen molar-refractivity contribution in [3.05, 3.63) is 121 Å². The molecule has 0 aliphatic carbocycles. The fourth-order valence-electron chi connectivity index (χ4n) is 7.48. The Labute approximate surface area is 333 Å². The van der Waals surface area contributed by atoms with Crippen LogP contribution in [0.3, 0.4) is 0 Å². The number of fused-ring (bicyclic) bond motifs is 6. The van der Waals surface area contributed by atoms with Crippen molar-refractivity contribution >= 4 is 73.6 Å². The lowest BCUT2D eigenvalue weighted by Gasteiger charge is -2.13. The van der Waals surface area contributed by atoms with Crippen LogP contribution in [0, 0.1) is 27.7 Å². The Bertz CT molecular complexity index is 2630. The Balaban J connectivity index is 0.899. The number of rotatable bonds is 11. The Morgan fingerprint density at radius 1 is 0.873 bits per heavy atom. The molecule has 12 heteroatoms. The molecule has 8 rings (SSSR count). The predicted octanol–water partition coefficient (Wildman–Crippen LogP) is 9.57. The molecule has 55 heavy (non-hydrogen) atoms. The van der Waals surface area contributed by atoms with Gasteiger partial charge in [-0.25, -0.2) is 0 Å². The number of carbonyl (C=O) groups excluding carboxylic acids is 2. The summed E-state index contributed by atoms with van der Waals surface area (Å²) in [5.41, 5.74) is 9.86. The highest BCUT2D eigenvalue weighted by Gasteiger charge is 2.32. The van der Waals surface area contributed by atoms with Gasteiger partial charge in [0.05, 0.1) is 12.1 Å². The van der Waals surface area contributed by atoms with E-state index in [0.717, 1.165) is 45.3 Å². The Hall–Kier alpha value is -5.10. The van der Waals surface area contributed by atoms with Crippen molar-refractivity contribution in [2.45, 2.75) is 73.0 Å². The third kappa shape index (κ3) is 7.12. The molecule has 0 unspecified atom stereocenters. The van der Waals surface area contributed by atoms with E-state index in [-0.39, 0.29) is 18.2 Å². The number of aliphatic imine (C=N–C) groups is 1. The Morgan fingerprint density at radius 3 is 2.44 bits per heavy atom. The van der Waals surface area contributed by atoms with E-state index in [0.29, 0.717) is 36.8 Å². The van der Waals surface area contributed by atoms with Crippen LogP contribution in [0.2, 0.25) is 5.02 Å². The summed E-state index contributed by atoms with van der Waals surface area (Å²) in [6, 6.07) is 22.5. The van der Waals surface area contributed by atoms with E-state index < -0.39 is 6.04 Å². The van der Waals surface area contributed by atoms with Gasteiger partial charge in [-0.1, -0.05) is 41.9 Å². The summed E-state index contributed by atoms with van der Waals surface area (Å²) < 4.78 is 4.40. The highest BCUT2D eigenvalue weighted by Crippen LogP contribution is 2.40. The number of aryl methyl sites for hydroxylation is 4. The predicted molar refractivity (Wildman–Crippen MR) is 225 cm³/mol. The second kappa shape index (κ2) is 15.2. The number of thiophene rings is 2. The van der Waals surface area contributed by atoms with Crippen LogP contribution >= 0.6 is 34.3 Å². The van der Waals surface area contributed by atoms with Crippen LogP contribution in [0.4, 0.5) is 0 Å². The molecule has 280 valence electrons. The minimum atomic E-state index is -0.550. The normalized spacial score (nSPS) is 13.8. The zero-order chi connectivity index (χ0) is 38.4. The first-order chi connectivity index (χ1) is 26.6. The van der Waals surface area contributed by atoms with Gasteiger partial charge < -0.3 is 15.2 Å². The van der Waals surface area contributed by atoms with Crippen molar-refractivity contribution in [1.82, 2.24) is 30.0 Å². The molecule has 7 aromatic rings. The largest absolute Gasteiger partial charge is 0.356 e. The van der Waals surface area contributed by atoms with Gasteiger partial charge in [0.15, 0.2) is 5.82 Å². The van der Waals surface area contributed by atoms with Crippen LogP contribution in [-0.2, 0) is 22.7 Å². The molecule has 0 spiro atoms. The molecule has 1 atom stereocenters. The third-order valence-corrected chi connectivity index (χ3v) is 12.9. The van der Waals surface area contributed by atoms with Crippen molar-refractivity contribution in [1.29, 1.82) is 0 Å². The first kappa shape index (κ1) is 36.9. The first-order valence-corrected chi connectivity index (χ1v) is 20.7. The molecule has 1 aliphatic rings. The fraction of sp³-hybridized carbons (Fsp3) is 0.279. The van der Waals surface area contributed by atoms with Crippen molar-refractivity contribution in [2.75, 3.05) is 6.54 Å². The lowest BCUT2D eigenvalue weighted by molar-refractivity contribution is -0.123. The highest BCUT2D eigenvalue weighted by molar-refractivity contribution is 7.15. The van der Waals surface area contributed by atoms with Crippen LogP contribution in [0.25, 0.3) is 37.2 Å². The second-order valence-corrected chi connectivity index (χ2v) is 16.7. The smallest absolute Gasteiger partial charge is 0.222 e. The molecule has 0 saturated heterocycles. The maximum atomic E-state index is 13.4. The van der Waals surface area contributed by atoms with Gasteiger partial charge in [-0.05, 0) is 105 Å². The standard InChI is InChI=1S/C43H42ClN7O2S2/c1-6-50-35-16-9-28(19-33(35)32-15-12-30(20-36(32)50)37-18-24(2)23-54-37)22-46-38(52)8-7-17-45-39(53)21-34-42-49-48-27(5)51(42)43-40(25(3)26(4)55-43)41(47-34)29-10-13-31(44)14-11-29/h9-16,18-20,23,34H,6-8,17,21-22H2,1-5H3,(H,45,53)(H,46,52)/t34-/m0/s1. The molecule has 3 aromatic carbocycles. The minimum absolute atomic E-state index is 0.0532. The molecule has 0 saturated carbocycles. The van der Waals surface area contributed by atoms with E-state index in [9.17, 15) is 9.59 Å². The molecule has 0 bridgehead atoms. The van der Waals surface area contributed by atoms with Crippen LogP contribution in [-0.4, -0.2) is 43.4 Å². The Kier molecular flexibility index (Phi) is 10.2. The number of nitrogens with zero attached hydrogens (tertiary/aromatic N) is 5. The van der Waals surface area contributed by atoms with E-state index in [1.165, 1.54) is 42.7 Å². The minimum Gasteiger partial charge on any atom is -0.356 e. The molecule has 2 amide bonds. The van der Waals surface area contributed by atoms with E-state index >= 15 is 0 Å². The van der Waals surface area contributed by atoms with Crippen LogP contribution in [0.15, 0.2) is 77.1 Å². The van der Waals surface area contributed by atoms with Gasteiger partial charge in [0.25, 0.3) is 0 Å². The average molecular weight is 788 g/mol. The van der Waals surface area contributed by atoms with Gasteiger partial charge in [-0.3, -0.25) is 19.1 Å². The summed E-state index contributed by atoms with van der Waals surface area (Å²) in [5.74, 6) is 1.16. The molecule has 5 heterocycles. The maximum Gasteiger partial charge on any atom is 0.222 e. The van der Waals surface area contributed by atoms with Crippen molar-refractivity contribution in [3.8, 4) is 15.4 Å². The molecular formula is C43H42ClN7O2S2. The zero-order valence-electron chi connectivity index (χ0n) is 31.5. The molecule has 9 nitrogen and oxygen atoms in total. The van der Waals surface area contributed by atoms with Gasteiger partial charge >= 0.3 is 0 Å². The number of halogens is 1. The summed E-state index contributed by atoms with van der Waals surface area (Å²) in [6.45, 7) is 12.1. The number of hydrogen-bond donors (Lipinski definition) is 2. The van der Waals surface area contributed by atoms with Gasteiger partial charge in [0.2, 0.25) is 11.8 Å². The molecule has 0 radical (unpaired) electrons. The van der Waals surface area contributed by atoms with E-state index in [2.05, 4.69) is 101 Å². The van der Waals surface area contributed by atoms with Crippen molar-refractivity contribution in [2.24, 2.45) is 4.99 Å². The summed E-state index contributed by atoms with van der Waals surface area (Å²) >= 11 is 9.69. The lowest BCUT2D eigenvalue weighted by Crippen LogP contribution is -2.28. The van der Waals surface area contributed by atoms with Crippen LogP contribution in [0.1, 0.15) is 76.6 Å². The molecular weight excluding hydrogens is 746 g/mol. The maximum absolute atomic E-state index is 13.4. The lowest BCUT2D eigenvalue weighted by atomic mass is 9.99. The van der Waals surface area contributed by atoms with Crippen LogP contribution in [0.5, 0.6) is 0 Å². The summed E-state index contributed by atoms with van der Waals surface area (Å²) in [5, 5.41) is 21.2. The highest BCUT2D eigenvalue weighted by atomic mass is 35.5. The number of amides is 2. The molecule has 4 aromatic heterocycles. The van der Waals surface area contributed by atoms with Crippen molar-refractivity contribution < 1.29 is 9.59 Å². The second-order valence-electron chi connectivity index (χ2n) is 14.2. The summed E-state index contributed by atoms with van der Waals surface area (Å²) in [6.07, 6.45) is 0.916. The monoisotopic (exact) mass is 787 g/mol. The van der Waals surface area contributed by atoms with Gasteiger partial charge in [-0.15, -0.1) is 32.9 Å². The molecule has 2 N–H and O–H groups in total. The quantitative estimate of drug-likeness (QED) is 0.127. The van der Waals surface area contributed by atoms with Gasteiger partial charge in [0, 0.05) is 73.8 Å². The molecule has 0 fully saturated rings. The fourth-order valence-corrected chi connectivity index (χ4v) is 9.72. The van der Waals surface area contributed by atoms with E-state index in [1.807, 2.05) is 35.8 Å². The van der Waals surface area contributed by atoms with Gasteiger partial charge in [0.1, 0.15) is 16.9 Å². The van der Waals surface area contributed by atoms with Crippen LogP contribution < -0.4 is 10.6 Å². The number of nitrogens with one attached hydrogen (secondary N) is 2. The Morgan fingerprint density at radius 2 is 1.67 bits per heavy atom. The first-order valence-electron chi connectivity index (χ1n) is 18.6. The number of carbonyl (C=O) groups is 2. The SMILES string of the molecule is CCn1c2ccc(CNC(=O)CCCNC(=O)C[C@@H]3N=C(c4ccc(Cl)cc4)c4c(sc(C)c4C)-n4c(C)nnc43)cc2c2ccc(-c3cc(C)cs3)cc21. The number of aromatic nitrogens is 4.